The summed E-state index contributed by atoms with van der Waals surface area (Å²) in [5, 5.41) is 10.2. The third kappa shape index (κ3) is 5.07. The smallest absolute Gasteiger partial charge is 0.293 e. The van der Waals surface area contributed by atoms with Crippen LogP contribution in [0.15, 0.2) is 65.0 Å². The first-order valence-electron chi connectivity index (χ1n) is 8.87. The highest BCUT2D eigenvalue weighted by Crippen LogP contribution is 2.27. The molecule has 1 heterocycles. The number of aryl methyl sites for hydroxylation is 1. The van der Waals surface area contributed by atoms with Gasteiger partial charge in [-0.05, 0) is 37.6 Å². The van der Waals surface area contributed by atoms with E-state index in [1.807, 2.05) is 49.4 Å². The van der Waals surface area contributed by atoms with Gasteiger partial charge >= 0.3 is 0 Å². The zero-order valence-corrected chi connectivity index (χ0v) is 17.6. The van der Waals surface area contributed by atoms with Crippen LogP contribution < -0.4 is 9.62 Å². The molecule has 2 aromatic carbocycles. The van der Waals surface area contributed by atoms with Crippen LogP contribution in [0.25, 0.3) is 6.08 Å². The summed E-state index contributed by atoms with van der Waals surface area (Å²) in [6.07, 6.45) is 3.01. The number of amides is 1. The van der Waals surface area contributed by atoms with E-state index in [9.17, 15) is 13.2 Å². The van der Waals surface area contributed by atoms with Gasteiger partial charge in [0, 0.05) is 12.6 Å². The lowest BCUT2D eigenvalue weighted by Crippen LogP contribution is -2.30. The van der Waals surface area contributed by atoms with Gasteiger partial charge in [0.1, 0.15) is 0 Å². The number of sulfonamides is 1. The number of aromatic nitrogens is 2. The predicted octanol–water partition coefficient (Wildman–Crippen LogP) is 3.71. The van der Waals surface area contributed by atoms with E-state index >= 15 is 0 Å². The molecule has 7 nitrogen and oxygen atoms in total. The second-order valence-electron chi connectivity index (χ2n) is 6.11. The molecule has 1 N–H and O–H groups in total. The van der Waals surface area contributed by atoms with Gasteiger partial charge in [-0.3, -0.25) is 14.4 Å². The maximum Gasteiger partial charge on any atom is 0.293 e. The zero-order valence-electron chi connectivity index (χ0n) is 15.9. The van der Waals surface area contributed by atoms with E-state index in [2.05, 4.69) is 15.5 Å². The molecule has 0 unspecified atom stereocenters. The Kier molecular flexibility index (Phi) is 6.40. The molecule has 0 spiro atoms. The summed E-state index contributed by atoms with van der Waals surface area (Å²) in [7, 11) is -3.88. The summed E-state index contributed by atoms with van der Waals surface area (Å²) in [6, 6.07) is 16.5. The average Bonchev–Trinajstić information content (AvgIpc) is 3.18. The molecule has 0 saturated carbocycles. The van der Waals surface area contributed by atoms with E-state index < -0.39 is 15.9 Å². The van der Waals surface area contributed by atoms with E-state index in [0.717, 1.165) is 22.5 Å². The van der Waals surface area contributed by atoms with Crippen LogP contribution in [0.4, 0.5) is 10.8 Å². The molecule has 0 fully saturated rings. The minimum absolute atomic E-state index is 0.117. The third-order valence-corrected chi connectivity index (χ3v) is 7.07. The molecule has 9 heteroatoms. The predicted molar refractivity (Wildman–Crippen MR) is 115 cm³/mol. The van der Waals surface area contributed by atoms with Gasteiger partial charge in [0.15, 0.2) is 0 Å². The molecular formula is C20H20N4O3S2. The van der Waals surface area contributed by atoms with Gasteiger partial charge in [0.05, 0.1) is 5.69 Å². The molecule has 3 rings (SSSR count). The van der Waals surface area contributed by atoms with Crippen molar-refractivity contribution in [3.8, 4) is 0 Å². The number of hydrogen-bond acceptors (Lipinski definition) is 6. The number of rotatable bonds is 7. The Morgan fingerprint density at radius 1 is 1.10 bits per heavy atom. The Morgan fingerprint density at radius 2 is 1.79 bits per heavy atom. The minimum atomic E-state index is -3.88. The van der Waals surface area contributed by atoms with Crippen molar-refractivity contribution in [1.82, 2.24) is 10.2 Å². The second kappa shape index (κ2) is 8.97. The number of nitrogens with one attached hydrogen (secondary N) is 1. The molecule has 0 aliphatic carbocycles. The molecule has 0 aliphatic rings. The van der Waals surface area contributed by atoms with Gasteiger partial charge in [0.25, 0.3) is 14.4 Å². The lowest BCUT2D eigenvalue weighted by molar-refractivity contribution is -0.111. The molecule has 0 atom stereocenters. The van der Waals surface area contributed by atoms with Crippen LogP contribution in [0, 0.1) is 6.92 Å². The van der Waals surface area contributed by atoms with Crippen LogP contribution in [0.2, 0.25) is 0 Å². The summed E-state index contributed by atoms with van der Waals surface area (Å²) in [5.74, 6) is -0.417. The Bertz CT molecular complexity index is 1110. The molecule has 29 heavy (non-hydrogen) atoms. The molecule has 3 aromatic rings. The van der Waals surface area contributed by atoms with Gasteiger partial charge in [-0.15, -0.1) is 10.2 Å². The third-order valence-electron chi connectivity index (χ3n) is 3.98. The molecule has 0 bridgehead atoms. The highest BCUT2D eigenvalue weighted by molar-refractivity contribution is 7.94. The standard InChI is InChI=1S/C20H20N4O3S2/c1-3-24(17-12-9-15(2)10-13-17)29(26,27)20-23-22-19(28-20)21-18(25)14-11-16-7-5-4-6-8-16/h4-14H,3H2,1-2H3,(H,21,22,25)/b14-11+. The molecule has 1 aromatic heterocycles. The zero-order chi connectivity index (χ0) is 20.9. The van der Waals surface area contributed by atoms with E-state index in [1.165, 1.54) is 10.4 Å². The van der Waals surface area contributed by atoms with Crippen molar-refractivity contribution in [2.75, 3.05) is 16.2 Å². The summed E-state index contributed by atoms with van der Waals surface area (Å²) in [4.78, 5) is 12.1. The van der Waals surface area contributed by atoms with E-state index in [0.29, 0.717) is 5.69 Å². The average molecular weight is 429 g/mol. The van der Waals surface area contributed by atoms with Crippen LogP contribution in [0.1, 0.15) is 18.1 Å². The number of hydrogen-bond donors (Lipinski definition) is 1. The SMILES string of the molecule is CCN(c1ccc(C)cc1)S(=O)(=O)c1nnc(NC(=O)/C=C/c2ccccc2)s1. The van der Waals surface area contributed by atoms with Crippen molar-refractivity contribution < 1.29 is 13.2 Å². The molecule has 0 aliphatic heterocycles. The van der Waals surface area contributed by atoms with Crippen LogP contribution in [0.5, 0.6) is 0 Å². The molecule has 150 valence electrons. The van der Waals surface area contributed by atoms with Gasteiger partial charge in [0.2, 0.25) is 11.0 Å². The second-order valence-corrected chi connectivity index (χ2v) is 9.13. The lowest BCUT2D eigenvalue weighted by atomic mass is 10.2. The molecule has 1 amide bonds. The topological polar surface area (TPSA) is 92.3 Å². The summed E-state index contributed by atoms with van der Waals surface area (Å²) in [5.41, 5.74) is 2.45. The largest absolute Gasteiger partial charge is 0.297 e. The Labute approximate surface area is 173 Å². The summed E-state index contributed by atoms with van der Waals surface area (Å²) < 4.78 is 27.0. The van der Waals surface area contributed by atoms with Crippen molar-refractivity contribution in [2.45, 2.75) is 18.2 Å². The summed E-state index contributed by atoms with van der Waals surface area (Å²) in [6.45, 7) is 3.92. The molecule has 0 radical (unpaired) electrons. The molecule has 0 saturated heterocycles. The normalized spacial score (nSPS) is 11.5. The van der Waals surface area contributed by atoms with Crippen molar-refractivity contribution >= 4 is 44.2 Å². The Hall–Kier alpha value is -3.04. The number of nitrogens with zero attached hydrogens (tertiary/aromatic N) is 3. The van der Waals surface area contributed by atoms with Crippen LogP contribution in [-0.4, -0.2) is 31.1 Å². The van der Waals surface area contributed by atoms with Gasteiger partial charge in [-0.1, -0.05) is 59.4 Å². The lowest BCUT2D eigenvalue weighted by Gasteiger charge is -2.21. The van der Waals surface area contributed by atoms with E-state index in [-0.39, 0.29) is 16.0 Å². The monoisotopic (exact) mass is 428 g/mol. The van der Waals surface area contributed by atoms with Gasteiger partial charge in [-0.2, -0.15) is 8.42 Å². The Morgan fingerprint density at radius 3 is 2.45 bits per heavy atom. The Balaban J connectivity index is 1.74. The van der Waals surface area contributed by atoms with E-state index in [1.54, 1.807) is 25.1 Å². The van der Waals surface area contributed by atoms with Crippen LogP contribution in [-0.2, 0) is 14.8 Å². The van der Waals surface area contributed by atoms with Crippen molar-refractivity contribution in [2.24, 2.45) is 0 Å². The van der Waals surface area contributed by atoms with Crippen molar-refractivity contribution in [3.63, 3.8) is 0 Å². The fourth-order valence-electron chi connectivity index (χ4n) is 2.54. The number of carbonyl (C=O) groups excluding carboxylic acids is 1. The fourth-order valence-corrected chi connectivity index (χ4v) is 5.02. The van der Waals surface area contributed by atoms with Gasteiger partial charge < -0.3 is 0 Å². The summed E-state index contributed by atoms with van der Waals surface area (Å²) >= 11 is 0.814. The first-order valence-corrected chi connectivity index (χ1v) is 11.1. The number of anilines is 2. The van der Waals surface area contributed by atoms with Crippen molar-refractivity contribution in [3.05, 3.63) is 71.8 Å². The first-order chi connectivity index (χ1) is 13.9. The quantitative estimate of drug-likeness (QED) is 0.457. The fraction of sp³-hybridized carbons (Fsp3) is 0.150. The number of benzene rings is 2. The maximum atomic E-state index is 13.0. The van der Waals surface area contributed by atoms with E-state index in [4.69, 9.17) is 0 Å². The van der Waals surface area contributed by atoms with Gasteiger partial charge in [-0.25, -0.2) is 0 Å². The maximum absolute atomic E-state index is 13.0. The van der Waals surface area contributed by atoms with Crippen LogP contribution >= 0.6 is 11.3 Å². The highest BCUT2D eigenvalue weighted by atomic mass is 32.2. The number of carbonyl (C=O) groups is 1. The minimum Gasteiger partial charge on any atom is -0.297 e. The van der Waals surface area contributed by atoms with Crippen LogP contribution in [0.3, 0.4) is 0 Å². The van der Waals surface area contributed by atoms with Crippen molar-refractivity contribution in [1.29, 1.82) is 0 Å². The molecular weight excluding hydrogens is 408 g/mol. The highest BCUT2D eigenvalue weighted by Gasteiger charge is 2.28. The first kappa shape index (κ1) is 20.7.